The summed E-state index contributed by atoms with van der Waals surface area (Å²) in [4.78, 5) is 21.7. The van der Waals surface area contributed by atoms with Crippen LogP contribution in [0.4, 0.5) is 5.00 Å². The molecule has 1 rings (SSSR count). The molecule has 4 nitrogen and oxygen atoms in total. The lowest BCUT2D eigenvalue weighted by Crippen LogP contribution is -2.10. The average molecular weight is 209 g/mol. The van der Waals surface area contributed by atoms with Crippen molar-refractivity contribution in [3.8, 4) is 11.8 Å². The van der Waals surface area contributed by atoms with Gasteiger partial charge in [-0.3, -0.25) is 4.79 Å². The second-order valence-corrected chi connectivity index (χ2v) is 3.21. The van der Waals surface area contributed by atoms with E-state index < -0.39 is 11.9 Å². The van der Waals surface area contributed by atoms with Gasteiger partial charge in [-0.1, -0.05) is 5.92 Å². The van der Waals surface area contributed by atoms with Crippen molar-refractivity contribution >= 4 is 28.2 Å². The standard InChI is InChI=1S/C9H7NO3S/c1-2-3-7(11)10-8-6(9(12)13)4-5-14-8/h4-5H,1H3,(H,10,11)(H,12,13). The predicted molar refractivity (Wildman–Crippen MR) is 53.4 cm³/mol. The van der Waals surface area contributed by atoms with Crippen LogP contribution in [0.3, 0.4) is 0 Å². The molecule has 0 spiro atoms. The molecular formula is C9H7NO3S. The smallest absolute Gasteiger partial charge is 0.338 e. The number of thiophene rings is 1. The lowest BCUT2D eigenvalue weighted by atomic mass is 10.3. The SMILES string of the molecule is CC#CC(=O)Nc1sccc1C(=O)O. The van der Waals surface area contributed by atoms with Gasteiger partial charge in [0.1, 0.15) is 5.00 Å². The summed E-state index contributed by atoms with van der Waals surface area (Å²) in [7, 11) is 0. The predicted octanol–water partition coefficient (Wildman–Crippen LogP) is 1.41. The van der Waals surface area contributed by atoms with E-state index in [1.165, 1.54) is 13.0 Å². The normalized spacial score (nSPS) is 8.64. The fourth-order valence-electron chi connectivity index (χ4n) is 0.822. The van der Waals surface area contributed by atoms with E-state index in [-0.39, 0.29) is 5.56 Å². The van der Waals surface area contributed by atoms with E-state index in [1.807, 2.05) is 0 Å². The van der Waals surface area contributed by atoms with Crippen LogP contribution in [0.1, 0.15) is 17.3 Å². The van der Waals surface area contributed by atoms with Crippen LogP contribution in [-0.2, 0) is 4.79 Å². The highest BCUT2D eigenvalue weighted by molar-refractivity contribution is 7.14. The van der Waals surface area contributed by atoms with Gasteiger partial charge in [0.05, 0.1) is 5.56 Å². The first-order chi connectivity index (χ1) is 6.65. The summed E-state index contributed by atoms with van der Waals surface area (Å²) in [5.41, 5.74) is 0.0845. The van der Waals surface area contributed by atoms with Gasteiger partial charge >= 0.3 is 11.9 Å². The van der Waals surface area contributed by atoms with Gasteiger partial charge in [-0.2, -0.15) is 0 Å². The maximum absolute atomic E-state index is 11.0. The van der Waals surface area contributed by atoms with Crippen LogP contribution in [0.15, 0.2) is 11.4 Å². The Kier molecular flexibility index (Phi) is 3.26. The molecule has 0 saturated carbocycles. The second kappa shape index (κ2) is 4.44. The van der Waals surface area contributed by atoms with Gasteiger partial charge in [0.15, 0.2) is 0 Å². The minimum atomic E-state index is -1.06. The highest BCUT2D eigenvalue weighted by Crippen LogP contribution is 2.22. The van der Waals surface area contributed by atoms with Crippen LogP contribution < -0.4 is 5.32 Å². The molecule has 0 fully saturated rings. The fourth-order valence-corrected chi connectivity index (χ4v) is 1.60. The van der Waals surface area contributed by atoms with Gasteiger partial charge in [-0.15, -0.1) is 11.3 Å². The molecule has 72 valence electrons. The number of carbonyl (C=O) groups excluding carboxylic acids is 1. The molecular weight excluding hydrogens is 202 g/mol. The minimum Gasteiger partial charge on any atom is -0.478 e. The van der Waals surface area contributed by atoms with E-state index in [0.29, 0.717) is 5.00 Å². The Morgan fingerprint density at radius 3 is 2.86 bits per heavy atom. The van der Waals surface area contributed by atoms with Gasteiger partial charge in [0, 0.05) is 0 Å². The van der Waals surface area contributed by atoms with Crippen molar-refractivity contribution in [2.45, 2.75) is 6.92 Å². The molecule has 0 atom stereocenters. The number of carboxylic acids is 1. The van der Waals surface area contributed by atoms with E-state index in [4.69, 9.17) is 5.11 Å². The van der Waals surface area contributed by atoms with Crippen LogP contribution >= 0.6 is 11.3 Å². The molecule has 0 bridgehead atoms. The summed E-state index contributed by atoms with van der Waals surface area (Å²) < 4.78 is 0. The Bertz CT molecular complexity index is 425. The summed E-state index contributed by atoms with van der Waals surface area (Å²) in [5.74, 6) is 3.12. The summed E-state index contributed by atoms with van der Waals surface area (Å²) in [6.07, 6.45) is 0. The number of aromatic carboxylic acids is 1. The third-order valence-electron chi connectivity index (χ3n) is 1.36. The van der Waals surface area contributed by atoms with Crippen LogP contribution in [0.2, 0.25) is 0 Å². The van der Waals surface area contributed by atoms with Gasteiger partial charge in [-0.25, -0.2) is 4.79 Å². The van der Waals surface area contributed by atoms with Crippen molar-refractivity contribution in [3.05, 3.63) is 17.0 Å². The van der Waals surface area contributed by atoms with Gasteiger partial charge in [-0.05, 0) is 24.3 Å². The highest BCUT2D eigenvalue weighted by atomic mass is 32.1. The molecule has 0 aliphatic heterocycles. The molecule has 1 aromatic rings. The van der Waals surface area contributed by atoms with Crippen molar-refractivity contribution in [2.75, 3.05) is 5.32 Å². The van der Waals surface area contributed by atoms with Gasteiger partial charge < -0.3 is 10.4 Å². The number of nitrogens with one attached hydrogen (secondary N) is 1. The number of hydrogen-bond donors (Lipinski definition) is 2. The summed E-state index contributed by atoms with van der Waals surface area (Å²) >= 11 is 1.15. The van der Waals surface area contributed by atoms with Crippen LogP contribution in [0.5, 0.6) is 0 Å². The molecule has 0 aliphatic carbocycles. The first-order valence-electron chi connectivity index (χ1n) is 3.69. The van der Waals surface area contributed by atoms with Crippen molar-refractivity contribution in [3.63, 3.8) is 0 Å². The zero-order chi connectivity index (χ0) is 10.6. The lowest BCUT2D eigenvalue weighted by Gasteiger charge is -1.97. The largest absolute Gasteiger partial charge is 0.478 e. The summed E-state index contributed by atoms with van der Waals surface area (Å²) in [6.45, 7) is 1.53. The van der Waals surface area contributed by atoms with Crippen molar-refractivity contribution in [2.24, 2.45) is 0 Å². The molecule has 0 saturated heterocycles. The monoisotopic (exact) mass is 209 g/mol. The number of hydrogen-bond acceptors (Lipinski definition) is 3. The average Bonchev–Trinajstić information content (AvgIpc) is 2.52. The molecule has 1 amide bonds. The van der Waals surface area contributed by atoms with E-state index >= 15 is 0 Å². The summed E-state index contributed by atoms with van der Waals surface area (Å²) in [6, 6.07) is 1.43. The van der Waals surface area contributed by atoms with Crippen molar-refractivity contribution in [1.29, 1.82) is 0 Å². The Morgan fingerprint density at radius 1 is 1.57 bits per heavy atom. The first kappa shape index (κ1) is 10.3. The zero-order valence-electron chi connectivity index (χ0n) is 7.33. The lowest BCUT2D eigenvalue weighted by molar-refractivity contribution is -0.111. The molecule has 14 heavy (non-hydrogen) atoms. The molecule has 0 radical (unpaired) electrons. The van der Waals surface area contributed by atoms with Gasteiger partial charge in [0.25, 0.3) is 0 Å². The molecule has 2 N–H and O–H groups in total. The van der Waals surface area contributed by atoms with Crippen LogP contribution in [-0.4, -0.2) is 17.0 Å². The number of amides is 1. The Labute approximate surface area is 84.6 Å². The molecule has 5 heteroatoms. The first-order valence-corrected chi connectivity index (χ1v) is 4.57. The Hall–Kier alpha value is -1.80. The number of anilines is 1. The Morgan fingerprint density at radius 2 is 2.29 bits per heavy atom. The third-order valence-corrected chi connectivity index (χ3v) is 2.19. The van der Waals surface area contributed by atoms with E-state index in [9.17, 15) is 9.59 Å². The fraction of sp³-hybridized carbons (Fsp3) is 0.111. The quantitative estimate of drug-likeness (QED) is 0.724. The maximum atomic E-state index is 11.0. The third kappa shape index (κ3) is 2.34. The number of rotatable bonds is 2. The Balaban J connectivity index is 2.85. The van der Waals surface area contributed by atoms with Crippen molar-refractivity contribution in [1.82, 2.24) is 0 Å². The van der Waals surface area contributed by atoms with Gasteiger partial charge in [0.2, 0.25) is 0 Å². The van der Waals surface area contributed by atoms with Crippen LogP contribution in [0.25, 0.3) is 0 Å². The number of carbonyl (C=O) groups is 2. The van der Waals surface area contributed by atoms with Crippen LogP contribution in [0, 0.1) is 11.8 Å². The molecule has 0 aromatic carbocycles. The highest BCUT2D eigenvalue weighted by Gasteiger charge is 2.12. The molecule has 1 aromatic heterocycles. The molecule has 0 unspecified atom stereocenters. The van der Waals surface area contributed by atoms with Crippen molar-refractivity contribution < 1.29 is 14.7 Å². The zero-order valence-corrected chi connectivity index (χ0v) is 8.14. The van der Waals surface area contributed by atoms with E-state index in [0.717, 1.165) is 11.3 Å². The van der Waals surface area contributed by atoms with E-state index in [2.05, 4.69) is 17.2 Å². The van der Waals surface area contributed by atoms with E-state index in [1.54, 1.807) is 5.38 Å². The summed E-state index contributed by atoms with van der Waals surface area (Å²) in [5, 5.41) is 13.0. The second-order valence-electron chi connectivity index (χ2n) is 2.30. The molecule has 1 heterocycles. The minimum absolute atomic E-state index is 0.0845. The number of carboxylic acid groups (broad SMARTS) is 1. The molecule has 0 aliphatic rings. The maximum Gasteiger partial charge on any atom is 0.338 e. The topological polar surface area (TPSA) is 66.4 Å².